The van der Waals surface area contributed by atoms with Crippen LogP contribution in [0.3, 0.4) is 0 Å². The van der Waals surface area contributed by atoms with Gasteiger partial charge in [0.15, 0.2) is 0 Å². The third-order valence-corrected chi connectivity index (χ3v) is 4.17. The number of carbonyl (C=O) groups excluding carboxylic acids is 1. The lowest BCUT2D eigenvalue weighted by Crippen LogP contribution is -2.33. The van der Waals surface area contributed by atoms with Gasteiger partial charge in [0.2, 0.25) is 5.95 Å². The van der Waals surface area contributed by atoms with Crippen molar-refractivity contribution in [2.75, 3.05) is 25.0 Å². The summed E-state index contributed by atoms with van der Waals surface area (Å²) < 4.78 is 0. The minimum atomic E-state index is -0.0305. The number of amides is 1. The maximum Gasteiger partial charge on any atom is 0.272 e. The fourth-order valence-corrected chi connectivity index (χ4v) is 3.00. The first-order valence-electron chi connectivity index (χ1n) is 9.16. The molecule has 1 aromatic carbocycles. The van der Waals surface area contributed by atoms with Gasteiger partial charge in [0, 0.05) is 30.4 Å². The Hall–Kier alpha value is -2.14. The molecule has 6 heteroatoms. The molecule has 0 atom stereocenters. The Morgan fingerprint density at radius 1 is 1.15 bits per heavy atom. The zero-order chi connectivity index (χ0) is 18.9. The quantitative estimate of drug-likeness (QED) is 0.708. The first-order valence-corrected chi connectivity index (χ1v) is 9.54. The zero-order valence-electron chi connectivity index (χ0n) is 15.8. The highest BCUT2D eigenvalue weighted by Crippen LogP contribution is 2.12. The van der Waals surface area contributed by atoms with Crippen molar-refractivity contribution in [2.24, 2.45) is 0 Å². The number of hydrogen-bond acceptors (Lipinski definition) is 4. The topological polar surface area (TPSA) is 58.1 Å². The van der Waals surface area contributed by atoms with E-state index in [-0.39, 0.29) is 5.91 Å². The number of nitrogens with one attached hydrogen (secondary N) is 1. The number of halogens is 1. The molecular weight excluding hydrogens is 348 g/mol. The molecule has 2 aromatic rings. The Bertz CT molecular complexity index is 730. The first kappa shape index (κ1) is 20.2. The van der Waals surface area contributed by atoms with Gasteiger partial charge >= 0.3 is 0 Å². The molecule has 0 aliphatic rings. The molecule has 1 heterocycles. The molecule has 0 fully saturated rings. The van der Waals surface area contributed by atoms with E-state index in [0.29, 0.717) is 18.2 Å². The van der Waals surface area contributed by atoms with E-state index in [1.807, 2.05) is 36.1 Å². The molecule has 2 rings (SSSR count). The van der Waals surface area contributed by atoms with Crippen LogP contribution < -0.4 is 5.32 Å². The van der Waals surface area contributed by atoms with Crippen molar-refractivity contribution in [3.05, 3.63) is 52.3 Å². The van der Waals surface area contributed by atoms with Gasteiger partial charge in [-0.05, 0) is 49.9 Å². The van der Waals surface area contributed by atoms with Gasteiger partial charge in [-0.25, -0.2) is 9.97 Å². The summed E-state index contributed by atoms with van der Waals surface area (Å²) in [6.07, 6.45) is 2.67. The van der Waals surface area contributed by atoms with E-state index in [0.717, 1.165) is 48.6 Å². The van der Waals surface area contributed by atoms with Crippen LogP contribution in [0.5, 0.6) is 0 Å². The zero-order valence-corrected chi connectivity index (χ0v) is 16.5. The van der Waals surface area contributed by atoms with Crippen LogP contribution in [0.25, 0.3) is 0 Å². The number of aromatic nitrogens is 2. The van der Waals surface area contributed by atoms with Gasteiger partial charge in [0.05, 0.1) is 0 Å². The van der Waals surface area contributed by atoms with Gasteiger partial charge in [-0.1, -0.05) is 37.6 Å². The Kier molecular flexibility index (Phi) is 7.85. The van der Waals surface area contributed by atoms with Crippen LogP contribution in [0.1, 0.15) is 48.4 Å². The van der Waals surface area contributed by atoms with Crippen LogP contribution in [-0.2, 0) is 6.42 Å². The number of aryl methyl sites for hydroxylation is 1. The SMILES string of the molecule is CCCN(CCC)C(=O)c1cc(C)nc(NCCc2cccc(Cl)c2)n1. The molecule has 1 aromatic heterocycles. The van der Waals surface area contributed by atoms with Crippen molar-refractivity contribution in [3.63, 3.8) is 0 Å². The van der Waals surface area contributed by atoms with Crippen LogP contribution in [0.4, 0.5) is 5.95 Å². The number of anilines is 1. The predicted octanol–water partition coefficient (Wildman–Crippen LogP) is 4.36. The Morgan fingerprint density at radius 3 is 2.54 bits per heavy atom. The molecule has 0 spiro atoms. The number of hydrogen-bond donors (Lipinski definition) is 1. The van der Waals surface area contributed by atoms with Gasteiger partial charge in [-0.15, -0.1) is 0 Å². The third kappa shape index (κ3) is 5.99. The average molecular weight is 375 g/mol. The molecule has 26 heavy (non-hydrogen) atoms. The molecule has 1 N–H and O–H groups in total. The molecule has 0 aliphatic heterocycles. The van der Waals surface area contributed by atoms with Gasteiger partial charge in [0.25, 0.3) is 5.91 Å². The first-order chi connectivity index (χ1) is 12.5. The second-order valence-electron chi connectivity index (χ2n) is 6.32. The van der Waals surface area contributed by atoms with Crippen molar-refractivity contribution in [1.29, 1.82) is 0 Å². The normalized spacial score (nSPS) is 10.6. The summed E-state index contributed by atoms with van der Waals surface area (Å²) in [5.41, 5.74) is 2.37. The molecule has 0 saturated heterocycles. The maximum absolute atomic E-state index is 12.8. The smallest absolute Gasteiger partial charge is 0.272 e. The largest absolute Gasteiger partial charge is 0.354 e. The van der Waals surface area contributed by atoms with Crippen molar-refractivity contribution >= 4 is 23.5 Å². The predicted molar refractivity (Wildman–Crippen MR) is 107 cm³/mol. The summed E-state index contributed by atoms with van der Waals surface area (Å²) in [6.45, 7) is 8.18. The van der Waals surface area contributed by atoms with E-state index in [2.05, 4.69) is 29.1 Å². The molecule has 5 nitrogen and oxygen atoms in total. The Labute approximate surface area is 160 Å². The second-order valence-corrected chi connectivity index (χ2v) is 6.75. The van der Waals surface area contributed by atoms with Crippen molar-refractivity contribution in [1.82, 2.24) is 14.9 Å². The lowest BCUT2D eigenvalue weighted by Gasteiger charge is -2.21. The highest BCUT2D eigenvalue weighted by molar-refractivity contribution is 6.30. The number of rotatable bonds is 9. The second kappa shape index (κ2) is 10.1. The molecule has 0 saturated carbocycles. The van der Waals surface area contributed by atoms with E-state index in [1.165, 1.54) is 0 Å². The summed E-state index contributed by atoms with van der Waals surface area (Å²) >= 11 is 6.01. The van der Waals surface area contributed by atoms with E-state index >= 15 is 0 Å². The highest BCUT2D eigenvalue weighted by Gasteiger charge is 2.17. The van der Waals surface area contributed by atoms with E-state index in [1.54, 1.807) is 6.07 Å². The van der Waals surface area contributed by atoms with Gasteiger partial charge in [0.1, 0.15) is 5.69 Å². The summed E-state index contributed by atoms with van der Waals surface area (Å²) in [7, 11) is 0. The fraction of sp³-hybridized carbons (Fsp3) is 0.450. The van der Waals surface area contributed by atoms with Gasteiger partial charge < -0.3 is 10.2 Å². The molecule has 0 aliphatic carbocycles. The standard InChI is InChI=1S/C20H27ClN4O/c1-4-11-25(12-5-2)19(26)18-13-15(3)23-20(24-18)22-10-9-16-7-6-8-17(21)14-16/h6-8,13-14H,4-5,9-12H2,1-3H3,(H,22,23,24). The van der Waals surface area contributed by atoms with Crippen molar-refractivity contribution < 1.29 is 4.79 Å². The molecule has 1 amide bonds. The third-order valence-electron chi connectivity index (χ3n) is 3.93. The molecular formula is C20H27ClN4O. The van der Waals surface area contributed by atoms with Crippen molar-refractivity contribution in [3.8, 4) is 0 Å². The molecule has 0 unspecified atom stereocenters. The summed E-state index contributed by atoms with van der Waals surface area (Å²) in [5.74, 6) is 0.459. The van der Waals surface area contributed by atoms with E-state index in [4.69, 9.17) is 11.6 Å². The fourth-order valence-electron chi connectivity index (χ4n) is 2.79. The van der Waals surface area contributed by atoms with Gasteiger partial charge in [-0.2, -0.15) is 0 Å². The average Bonchev–Trinajstić information content (AvgIpc) is 2.60. The minimum absolute atomic E-state index is 0.0305. The number of benzene rings is 1. The summed E-state index contributed by atoms with van der Waals surface area (Å²) in [5, 5.41) is 3.95. The summed E-state index contributed by atoms with van der Waals surface area (Å²) in [6, 6.07) is 9.53. The highest BCUT2D eigenvalue weighted by atomic mass is 35.5. The van der Waals surface area contributed by atoms with Crippen molar-refractivity contribution in [2.45, 2.75) is 40.0 Å². The lowest BCUT2D eigenvalue weighted by molar-refractivity contribution is 0.0749. The van der Waals surface area contributed by atoms with E-state index < -0.39 is 0 Å². The maximum atomic E-state index is 12.8. The minimum Gasteiger partial charge on any atom is -0.354 e. The van der Waals surface area contributed by atoms with Crippen LogP contribution in [0.15, 0.2) is 30.3 Å². The Morgan fingerprint density at radius 2 is 1.88 bits per heavy atom. The number of nitrogens with zero attached hydrogens (tertiary/aromatic N) is 3. The van der Waals surface area contributed by atoms with Crippen LogP contribution >= 0.6 is 11.6 Å². The molecule has 0 radical (unpaired) electrons. The van der Waals surface area contributed by atoms with Crippen LogP contribution in [0.2, 0.25) is 5.02 Å². The van der Waals surface area contributed by atoms with E-state index in [9.17, 15) is 4.79 Å². The monoisotopic (exact) mass is 374 g/mol. The number of carbonyl (C=O) groups is 1. The van der Waals surface area contributed by atoms with Gasteiger partial charge in [-0.3, -0.25) is 4.79 Å². The molecule has 0 bridgehead atoms. The molecule has 140 valence electrons. The van der Waals surface area contributed by atoms with Crippen LogP contribution in [-0.4, -0.2) is 40.4 Å². The Balaban J connectivity index is 2.04. The summed E-state index contributed by atoms with van der Waals surface area (Å²) in [4.78, 5) is 23.4. The lowest BCUT2D eigenvalue weighted by atomic mass is 10.1. The van der Waals surface area contributed by atoms with Crippen LogP contribution in [0, 0.1) is 6.92 Å².